The third-order valence-corrected chi connectivity index (χ3v) is 4.01. The molecule has 1 aliphatic carbocycles. The Morgan fingerprint density at radius 2 is 1.94 bits per heavy atom. The summed E-state index contributed by atoms with van der Waals surface area (Å²) in [7, 11) is 0. The number of rotatable bonds is 3. The molecule has 2 fully saturated rings. The Labute approximate surface area is 97.8 Å². The van der Waals surface area contributed by atoms with Gasteiger partial charge in [0, 0.05) is 19.5 Å². The highest BCUT2D eigenvalue weighted by Gasteiger charge is 2.24. The quantitative estimate of drug-likeness (QED) is 0.797. The SMILES string of the molecule is O=C(CCC1CCCCC1)N1CCC(O)C1. The average Bonchev–Trinajstić information content (AvgIpc) is 2.74. The normalized spacial score (nSPS) is 27.3. The maximum atomic E-state index is 11.8. The van der Waals surface area contributed by atoms with E-state index in [4.69, 9.17) is 0 Å². The van der Waals surface area contributed by atoms with Gasteiger partial charge in [-0.25, -0.2) is 0 Å². The molecule has 3 nitrogen and oxygen atoms in total. The zero-order valence-electron chi connectivity index (χ0n) is 10.0. The number of likely N-dealkylation sites (tertiary alicyclic amines) is 1. The number of carbonyl (C=O) groups is 1. The Balaban J connectivity index is 1.67. The van der Waals surface area contributed by atoms with Gasteiger partial charge in [-0.2, -0.15) is 0 Å². The molecule has 1 saturated carbocycles. The molecule has 16 heavy (non-hydrogen) atoms. The molecule has 3 heteroatoms. The second-order valence-electron chi connectivity index (χ2n) is 5.32. The van der Waals surface area contributed by atoms with Crippen LogP contribution in [0.3, 0.4) is 0 Å². The van der Waals surface area contributed by atoms with Crippen LogP contribution in [-0.4, -0.2) is 35.1 Å². The summed E-state index contributed by atoms with van der Waals surface area (Å²) in [5, 5.41) is 9.37. The summed E-state index contributed by atoms with van der Waals surface area (Å²) < 4.78 is 0. The van der Waals surface area contributed by atoms with E-state index in [-0.39, 0.29) is 12.0 Å². The Bertz CT molecular complexity index is 236. The van der Waals surface area contributed by atoms with Gasteiger partial charge in [0.2, 0.25) is 5.91 Å². The van der Waals surface area contributed by atoms with E-state index in [1.54, 1.807) is 0 Å². The van der Waals surface area contributed by atoms with Crippen LogP contribution in [0.4, 0.5) is 0 Å². The van der Waals surface area contributed by atoms with Crippen LogP contribution in [0, 0.1) is 5.92 Å². The van der Waals surface area contributed by atoms with Gasteiger partial charge in [-0.1, -0.05) is 32.1 Å². The number of carbonyl (C=O) groups excluding carboxylic acids is 1. The van der Waals surface area contributed by atoms with E-state index in [2.05, 4.69) is 0 Å². The lowest BCUT2D eigenvalue weighted by atomic mass is 9.86. The monoisotopic (exact) mass is 225 g/mol. The second kappa shape index (κ2) is 5.67. The molecule has 0 bridgehead atoms. The van der Waals surface area contributed by atoms with Crippen LogP contribution in [-0.2, 0) is 4.79 Å². The van der Waals surface area contributed by atoms with Crippen LogP contribution in [0.25, 0.3) is 0 Å². The first-order valence-electron chi connectivity index (χ1n) is 6.71. The molecule has 1 aliphatic heterocycles. The standard InChI is InChI=1S/C13H23NO2/c15-12-8-9-14(10-12)13(16)7-6-11-4-2-1-3-5-11/h11-12,15H,1-10H2. The van der Waals surface area contributed by atoms with Gasteiger partial charge in [0.15, 0.2) is 0 Å². The molecule has 0 radical (unpaired) electrons. The summed E-state index contributed by atoms with van der Waals surface area (Å²) in [6.07, 6.45) is 8.94. The summed E-state index contributed by atoms with van der Waals surface area (Å²) in [4.78, 5) is 13.7. The number of hydrogen-bond donors (Lipinski definition) is 1. The van der Waals surface area contributed by atoms with Crippen molar-refractivity contribution >= 4 is 5.91 Å². The molecule has 1 amide bonds. The molecule has 1 N–H and O–H groups in total. The predicted molar refractivity (Wildman–Crippen MR) is 63.0 cm³/mol. The van der Waals surface area contributed by atoms with Crippen molar-refractivity contribution in [1.82, 2.24) is 4.90 Å². The number of amides is 1. The summed E-state index contributed by atoms with van der Waals surface area (Å²) in [5.74, 6) is 1.03. The van der Waals surface area contributed by atoms with Crippen molar-refractivity contribution < 1.29 is 9.90 Å². The van der Waals surface area contributed by atoms with E-state index in [9.17, 15) is 9.90 Å². The Kier molecular flexibility index (Phi) is 4.22. The van der Waals surface area contributed by atoms with Crippen LogP contribution in [0.15, 0.2) is 0 Å². The highest BCUT2D eigenvalue weighted by atomic mass is 16.3. The molecule has 0 aromatic heterocycles. The molecule has 1 atom stereocenters. The molecular weight excluding hydrogens is 202 g/mol. The van der Waals surface area contributed by atoms with Crippen LogP contribution < -0.4 is 0 Å². The van der Waals surface area contributed by atoms with Crippen LogP contribution in [0.5, 0.6) is 0 Å². The maximum absolute atomic E-state index is 11.8. The number of aliphatic hydroxyl groups is 1. The van der Waals surface area contributed by atoms with Crippen molar-refractivity contribution in [3.63, 3.8) is 0 Å². The first-order valence-corrected chi connectivity index (χ1v) is 6.71. The largest absolute Gasteiger partial charge is 0.391 e. The van der Waals surface area contributed by atoms with Gasteiger partial charge in [-0.3, -0.25) is 4.79 Å². The zero-order valence-corrected chi connectivity index (χ0v) is 10.0. The number of nitrogens with zero attached hydrogens (tertiary/aromatic N) is 1. The van der Waals surface area contributed by atoms with E-state index in [1.807, 2.05) is 4.90 Å². The lowest BCUT2D eigenvalue weighted by Crippen LogP contribution is -2.29. The Morgan fingerprint density at radius 1 is 1.19 bits per heavy atom. The minimum atomic E-state index is -0.279. The molecule has 0 aromatic rings. The van der Waals surface area contributed by atoms with Gasteiger partial charge in [0.25, 0.3) is 0 Å². The third kappa shape index (κ3) is 3.21. The fraction of sp³-hybridized carbons (Fsp3) is 0.923. The van der Waals surface area contributed by atoms with Crippen molar-refractivity contribution in [3.8, 4) is 0 Å². The second-order valence-corrected chi connectivity index (χ2v) is 5.32. The van der Waals surface area contributed by atoms with E-state index in [0.29, 0.717) is 13.0 Å². The minimum Gasteiger partial charge on any atom is -0.391 e. The van der Waals surface area contributed by atoms with E-state index in [1.165, 1.54) is 32.1 Å². The predicted octanol–water partition coefficient (Wildman–Crippen LogP) is 1.94. The molecule has 1 heterocycles. The number of β-amino-alcohol motifs (C(OH)–C–C–N with tert-alkyl or cyclic N) is 1. The first kappa shape index (κ1) is 11.9. The number of hydrogen-bond acceptors (Lipinski definition) is 2. The van der Waals surface area contributed by atoms with E-state index in [0.717, 1.165) is 25.3 Å². The summed E-state index contributed by atoms with van der Waals surface area (Å²) >= 11 is 0. The maximum Gasteiger partial charge on any atom is 0.222 e. The molecule has 92 valence electrons. The smallest absolute Gasteiger partial charge is 0.222 e. The van der Waals surface area contributed by atoms with Crippen LogP contribution >= 0.6 is 0 Å². The Morgan fingerprint density at radius 3 is 2.56 bits per heavy atom. The molecular formula is C13H23NO2. The van der Waals surface area contributed by atoms with Crippen molar-refractivity contribution in [3.05, 3.63) is 0 Å². The van der Waals surface area contributed by atoms with Crippen molar-refractivity contribution in [2.24, 2.45) is 5.92 Å². The van der Waals surface area contributed by atoms with Gasteiger partial charge < -0.3 is 10.0 Å². The van der Waals surface area contributed by atoms with Crippen LogP contribution in [0.1, 0.15) is 51.4 Å². The molecule has 0 aromatic carbocycles. The first-order chi connectivity index (χ1) is 7.75. The molecule has 1 saturated heterocycles. The zero-order chi connectivity index (χ0) is 11.4. The summed E-state index contributed by atoms with van der Waals surface area (Å²) in [6.45, 7) is 1.31. The van der Waals surface area contributed by atoms with Gasteiger partial charge >= 0.3 is 0 Å². The van der Waals surface area contributed by atoms with E-state index >= 15 is 0 Å². The Hall–Kier alpha value is -0.570. The average molecular weight is 225 g/mol. The topological polar surface area (TPSA) is 40.5 Å². The van der Waals surface area contributed by atoms with E-state index < -0.39 is 0 Å². The fourth-order valence-electron chi connectivity index (χ4n) is 2.93. The van der Waals surface area contributed by atoms with Gasteiger partial charge in [0.05, 0.1) is 6.10 Å². The van der Waals surface area contributed by atoms with Crippen LogP contribution in [0.2, 0.25) is 0 Å². The molecule has 1 unspecified atom stereocenters. The third-order valence-electron chi connectivity index (χ3n) is 4.01. The lowest BCUT2D eigenvalue weighted by Gasteiger charge is -2.22. The summed E-state index contributed by atoms with van der Waals surface area (Å²) in [5.41, 5.74) is 0. The molecule has 2 rings (SSSR count). The van der Waals surface area contributed by atoms with Crippen molar-refractivity contribution in [1.29, 1.82) is 0 Å². The van der Waals surface area contributed by atoms with Crippen molar-refractivity contribution in [2.45, 2.75) is 57.5 Å². The van der Waals surface area contributed by atoms with Gasteiger partial charge in [-0.15, -0.1) is 0 Å². The lowest BCUT2D eigenvalue weighted by molar-refractivity contribution is -0.130. The highest BCUT2D eigenvalue weighted by Crippen LogP contribution is 2.27. The summed E-state index contributed by atoms with van der Waals surface area (Å²) in [6, 6.07) is 0. The van der Waals surface area contributed by atoms with Gasteiger partial charge in [-0.05, 0) is 18.8 Å². The molecule has 2 aliphatic rings. The van der Waals surface area contributed by atoms with Gasteiger partial charge in [0.1, 0.15) is 0 Å². The van der Waals surface area contributed by atoms with Crippen molar-refractivity contribution in [2.75, 3.05) is 13.1 Å². The fourth-order valence-corrected chi connectivity index (χ4v) is 2.93. The minimum absolute atomic E-state index is 0.252. The number of aliphatic hydroxyl groups excluding tert-OH is 1. The molecule has 0 spiro atoms. The highest BCUT2D eigenvalue weighted by molar-refractivity contribution is 5.76.